The van der Waals surface area contributed by atoms with Crippen molar-refractivity contribution in [2.75, 3.05) is 58.5 Å². The Morgan fingerprint density at radius 2 is 1.88 bits per heavy atom. The number of fused-ring (bicyclic) bond motifs is 1. The number of hydrogen-bond donors (Lipinski definition) is 0. The van der Waals surface area contributed by atoms with Crippen molar-refractivity contribution >= 4 is 55.8 Å². The quantitative estimate of drug-likeness (QED) is 0.477. The number of amides is 1. The zero-order valence-corrected chi connectivity index (χ0v) is 20.1. The van der Waals surface area contributed by atoms with E-state index in [2.05, 4.69) is 4.90 Å². The van der Waals surface area contributed by atoms with Crippen molar-refractivity contribution in [3.05, 3.63) is 45.9 Å². The second kappa shape index (κ2) is 10.2. The second-order valence-corrected chi connectivity index (χ2v) is 9.00. The van der Waals surface area contributed by atoms with Gasteiger partial charge in [0.1, 0.15) is 21.7 Å². The highest BCUT2D eigenvalue weighted by molar-refractivity contribution is 7.22. The monoisotopic (exact) mass is 495 g/mol. The van der Waals surface area contributed by atoms with Crippen molar-refractivity contribution in [1.29, 1.82) is 0 Å². The Hall–Kier alpha value is -2.10. The maximum Gasteiger partial charge on any atom is 0.261 e. The molecule has 170 valence electrons. The molecule has 1 saturated heterocycles. The van der Waals surface area contributed by atoms with Crippen LogP contribution in [-0.2, 0) is 4.74 Å². The van der Waals surface area contributed by atoms with E-state index in [9.17, 15) is 4.79 Å². The van der Waals surface area contributed by atoms with Crippen LogP contribution in [0.15, 0.2) is 30.3 Å². The van der Waals surface area contributed by atoms with Crippen LogP contribution in [0.25, 0.3) is 10.2 Å². The van der Waals surface area contributed by atoms with E-state index in [0.717, 1.165) is 17.8 Å². The lowest BCUT2D eigenvalue weighted by Crippen LogP contribution is -2.43. The molecule has 1 aliphatic heterocycles. The number of methoxy groups -OCH3 is 2. The van der Waals surface area contributed by atoms with Gasteiger partial charge in [-0.15, -0.1) is 0 Å². The summed E-state index contributed by atoms with van der Waals surface area (Å²) in [5, 5.41) is 1.32. The van der Waals surface area contributed by atoms with Gasteiger partial charge in [-0.3, -0.25) is 14.6 Å². The predicted molar refractivity (Wildman–Crippen MR) is 128 cm³/mol. The third-order valence-corrected chi connectivity index (χ3v) is 6.93. The van der Waals surface area contributed by atoms with Gasteiger partial charge in [-0.1, -0.05) is 34.5 Å². The summed E-state index contributed by atoms with van der Waals surface area (Å²) < 4.78 is 17.2. The Balaban J connectivity index is 1.74. The van der Waals surface area contributed by atoms with Crippen molar-refractivity contribution < 1.29 is 19.0 Å². The first-order chi connectivity index (χ1) is 15.5. The standard InChI is InChI=1S/C22H23Cl2N3O4S/c1-29-17-5-6-18(30-2)20-19(17)25-22(32-20)27(8-7-26-9-11-31-12-10-26)21(28)15-13-14(23)3-4-16(15)24/h3-6,13H,7-12H2,1-2H3. The fourth-order valence-corrected chi connectivity index (χ4v) is 5.02. The number of carbonyl (C=O) groups excluding carboxylic acids is 1. The second-order valence-electron chi connectivity index (χ2n) is 7.18. The van der Waals surface area contributed by atoms with Crippen LogP contribution in [0.5, 0.6) is 11.5 Å². The zero-order valence-electron chi connectivity index (χ0n) is 17.8. The number of nitrogens with zero attached hydrogens (tertiary/aromatic N) is 3. The molecule has 2 heterocycles. The first kappa shape index (κ1) is 23.1. The van der Waals surface area contributed by atoms with Crippen molar-refractivity contribution in [3.8, 4) is 11.5 Å². The van der Waals surface area contributed by atoms with Crippen molar-refractivity contribution in [2.24, 2.45) is 0 Å². The van der Waals surface area contributed by atoms with Gasteiger partial charge in [-0.2, -0.15) is 0 Å². The molecule has 1 aliphatic rings. The van der Waals surface area contributed by atoms with Crippen LogP contribution >= 0.6 is 34.5 Å². The minimum absolute atomic E-state index is 0.261. The van der Waals surface area contributed by atoms with E-state index >= 15 is 0 Å². The van der Waals surface area contributed by atoms with Gasteiger partial charge in [0.15, 0.2) is 5.13 Å². The highest BCUT2D eigenvalue weighted by Gasteiger charge is 2.26. The highest BCUT2D eigenvalue weighted by atomic mass is 35.5. The number of benzene rings is 2. The minimum atomic E-state index is -0.261. The zero-order chi connectivity index (χ0) is 22.7. The summed E-state index contributed by atoms with van der Waals surface area (Å²) in [4.78, 5) is 22.3. The molecule has 0 unspecified atom stereocenters. The number of hydrogen-bond acceptors (Lipinski definition) is 7. The van der Waals surface area contributed by atoms with Crippen molar-refractivity contribution in [3.63, 3.8) is 0 Å². The summed E-state index contributed by atoms with van der Waals surface area (Å²) in [5.74, 6) is 1.03. The number of aromatic nitrogens is 1. The van der Waals surface area contributed by atoms with Gasteiger partial charge in [0.25, 0.3) is 5.91 Å². The van der Waals surface area contributed by atoms with E-state index < -0.39 is 0 Å². The number of thiazole rings is 1. The summed E-state index contributed by atoms with van der Waals surface area (Å²) in [7, 11) is 3.20. The number of carbonyl (C=O) groups is 1. The summed E-state index contributed by atoms with van der Waals surface area (Å²) in [6.45, 7) is 4.12. The Labute approximate surface area is 200 Å². The van der Waals surface area contributed by atoms with Crippen LogP contribution in [0.4, 0.5) is 5.13 Å². The summed E-state index contributed by atoms with van der Waals surface area (Å²) in [6, 6.07) is 8.51. The summed E-state index contributed by atoms with van der Waals surface area (Å²) in [6.07, 6.45) is 0. The molecular weight excluding hydrogens is 473 g/mol. The molecule has 2 aromatic carbocycles. The molecule has 0 N–H and O–H groups in total. The first-order valence-corrected chi connectivity index (χ1v) is 11.7. The van der Waals surface area contributed by atoms with Gasteiger partial charge in [-0.25, -0.2) is 4.98 Å². The third-order valence-electron chi connectivity index (χ3n) is 5.28. The number of halogens is 2. The Kier molecular flexibility index (Phi) is 7.37. The predicted octanol–water partition coefficient (Wildman–Crippen LogP) is 4.60. The number of rotatable bonds is 7. The molecular formula is C22H23Cl2N3O4S. The Morgan fingerprint density at radius 1 is 1.16 bits per heavy atom. The van der Waals surface area contributed by atoms with E-state index in [-0.39, 0.29) is 5.91 Å². The fraction of sp³-hybridized carbons (Fsp3) is 0.364. The molecule has 4 rings (SSSR count). The van der Waals surface area contributed by atoms with E-state index in [0.29, 0.717) is 64.1 Å². The third kappa shape index (κ3) is 4.79. The molecule has 3 aromatic rings. The average Bonchev–Trinajstić information content (AvgIpc) is 3.25. The van der Waals surface area contributed by atoms with Crippen LogP contribution < -0.4 is 14.4 Å². The smallest absolute Gasteiger partial charge is 0.261 e. The van der Waals surface area contributed by atoms with Gasteiger partial charge in [0.2, 0.25) is 0 Å². The fourth-order valence-electron chi connectivity index (χ4n) is 3.55. The molecule has 0 spiro atoms. The van der Waals surface area contributed by atoms with E-state index in [1.165, 1.54) is 11.3 Å². The topological polar surface area (TPSA) is 64.1 Å². The SMILES string of the molecule is COc1ccc(OC)c2sc(N(CCN3CCOCC3)C(=O)c3cc(Cl)ccc3Cl)nc12. The maximum absolute atomic E-state index is 13.6. The van der Waals surface area contributed by atoms with E-state index in [1.807, 2.05) is 6.07 Å². The van der Waals surface area contributed by atoms with Gasteiger partial charge in [-0.05, 0) is 30.3 Å². The number of ether oxygens (including phenoxy) is 3. The molecule has 7 nitrogen and oxygen atoms in total. The number of anilines is 1. The molecule has 0 bridgehead atoms. The highest BCUT2D eigenvalue weighted by Crippen LogP contribution is 2.40. The van der Waals surface area contributed by atoms with E-state index in [1.54, 1.807) is 43.4 Å². The van der Waals surface area contributed by atoms with Gasteiger partial charge < -0.3 is 14.2 Å². The van der Waals surface area contributed by atoms with Crippen molar-refractivity contribution in [2.45, 2.75) is 0 Å². The van der Waals surface area contributed by atoms with Gasteiger partial charge >= 0.3 is 0 Å². The molecule has 32 heavy (non-hydrogen) atoms. The lowest BCUT2D eigenvalue weighted by molar-refractivity contribution is 0.0391. The van der Waals surface area contributed by atoms with E-state index in [4.69, 9.17) is 42.4 Å². The van der Waals surface area contributed by atoms with Crippen LogP contribution in [0.2, 0.25) is 10.0 Å². The molecule has 10 heteroatoms. The average molecular weight is 496 g/mol. The molecule has 0 atom stereocenters. The van der Waals surface area contributed by atoms with Gasteiger partial charge in [0.05, 0.1) is 38.0 Å². The number of morpholine rings is 1. The maximum atomic E-state index is 13.6. The van der Waals surface area contributed by atoms with Crippen LogP contribution in [0, 0.1) is 0 Å². The van der Waals surface area contributed by atoms with Gasteiger partial charge in [0, 0.05) is 31.2 Å². The molecule has 0 aliphatic carbocycles. The molecule has 1 fully saturated rings. The van der Waals surface area contributed by atoms with Crippen LogP contribution in [0.1, 0.15) is 10.4 Å². The van der Waals surface area contributed by atoms with Crippen molar-refractivity contribution in [1.82, 2.24) is 9.88 Å². The Bertz CT molecular complexity index is 1080. The lowest BCUT2D eigenvalue weighted by atomic mass is 10.2. The molecule has 1 aromatic heterocycles. The van der Waals surface area contributed by atoms with Crippen LogP contribution in [0.3, 0.4) is 0 Å². The summed E-state index contributed by atoms with van der Waals surface area (Å²) in [5.41, 5.74) is 0.979. The van der Waals surface area contributed by atoms with Crippen LogP contribution in [-0.4, -0.2) is 69.4 Å². The molecule has 0 saturated carbocycles. The molecule has 1 amide bonds. The minimum Gasteiger partial charge on any atom is -0.495 e. The first-order valence-electron chi connectivity index (χ1n) is 10.1. The molecule has 0 radical (unpaired) electrons. The normalized spacial score (nSPS) is 14.5. The Morgan fingerprint density at radius 3 is 2.59 bits per heavy atom. The largest absolute Gasteiger partial charge is 0.495 e. The lowest BCUT2D eigenvalue weighted by Gasteiger charge is -2.29. The summed E-state index contributed by atoms with van der Waals surface area (Å²) >= 11 is 13.9.